The van der Waals surface area contributed by atoms with Gasteiger partial charge in [0.1, 0.15) is 12.1 Å². The summed E-state index contributed by atoms with van der Waals surface area (Å²) in [5.41, 5.74) is 0.202. The van der Waals surface area contributed by atoms with Crippen LogP contribution in [0.3, 0.4) is 0 Å². The summed E-state index contributed by atoms with van der Waals surface area (Å²) < 4.78 is 0. The van der Waals surface area contributed by atoms with Gasteiger partial charge in [0.25, 0.3) is 5.91 Å². The average molecular weight is 342 g/mol. The molecule has 4 rings (SSSR count). The van der Waals surface area contributed by atoms with Crippen molar-refractivity contribution in [1.29, 1.82) is 0 Å². The molecule has 3 heterocycles. The second kappa shape index (κ2) is 5.82. The summed E-state index contributed by atoms with van der Waals surface area (Å²) in [6.07, 6.45) is 7.12. The van der Waals surface area contributed by atoms with Crippen LogP contribution in [0.4, 0.5) is 4.79 Å². The predicted octanol–water partition coefficient (Wildman–Crippen LogP) is 1.47. The first-order valence-electron chi connectivity index (χ1n) is 8.84. The van der Waals surface area contributed by atoms with Gasteiger partial charge in [-0.15, -0.1) is 0 Å². The SMILES string of the molecule is CC1(C2CC2)NC(=O)N(CC(=O)N2CCCC2c2ccncc2)C1=O. The van der Waals surface area contributed by atoms with Crippen LogP contribution in [-0.2, 0) is 9.59 Å². The first-order chi connectivity index (χ1) is 12.0. The number of aromatic nitrogens is 1. The van der Waals surface area contributed by atoms with Gasteiger partial charge >= 0.3 is 6.03 Å². The van der Waals surface area contributed by atoms with E-state index in [9.17, 15) is 14.4 Å². The number of nitrogens with one attached hydrogen (secondary N) is 1. The minimum Gasteiger partial charge on any atom is -0.334 e. The second-order valence-corrected chi connectivity index (χ2v) is 7.32. The number of carbonyl (C=O) groups excluding carboxylic acids is 3. The number of imide groups is 1. The van der Waals surface area contributed by atoms with Crippen LogP contribution in [0.1, 0.15) is 44.2 Å². The van der Waals surface area contributed by atoms with Crippen molar-refractivity contribution in [2.75, 3.05) is 13.1 Å². The molecule has 1 aromatic heterocycles. The van der Waals surface area contributed by atoms with Crippen molar-refractivity contribution in [3.63, 3.8) is 0 Å². The molecule has 0 radical (unpaired) electrons. The lowest BCUT2D eigenvalue weighted by Crippen LogP contribution is -2.47. The van der Waals surface area contributed by atoms with E-state index >= 15 is 0 Å². The number of carbonyl (C=O) groups is 3. The maximum Gasteiger partial charge on any atom is 0.325 e. The molecule has 1 N–H and O–H groups in total. The smallest absolute Gasteiger partial charge is 0.325 e. The zero-order chi connectivity index (χ0) is 17.6. The second-order valence-electron chi connectivity index (χ2n) is 7.32. The zero-order valence-electron chi connectivity index (χ0n) is 14.3. The number of likely N-dealkylation sites (tertiary alicyclic amines) is 1. The minimum absolute atomic E-state index is 0.00826. The lowest BCUT2D eigenvalue weighted by molar-refractivity contribution is -0.139. The van der Waals surface area contributed by atoms with Gasteiger partial charge in [0, 0.05) is 18.9 Å². The Hall–Kier alpha value is -2.44. The number of hydrogen-bond acceptors (Lipinski definition) is 4. The number of hydrogen-bond donors (Lipinski definition) is 1. The minimum atomic E-state index is -0.840. The first-order valence-corrected chi connectivity index (χ1v) is 8.84. The van der Waals surface area contributed by atoms with Crippen LogP contribution in [0, 0.1) is 5.92 Å². The lowest BCUT2D eigenvalue weighted by atomic mass is 9.96. The summed E-state index contributed by atoms with van der Waals surface area (Å²) in [6.45, 7) is 2.23. The monoisotopic (exact) mass is 342 g/mol. The predicted molar refractivity (Wildman–Crippen MR) is 89.3 cm³/mol. The Kier molecular flexibility index (Phi) is 3.74. The van der Waals surface area contributed by atoms with Gasteiger partial charge in [-0.2, -0.15) is 0 Å². The molecule has 132 valence electrons. The Morgan fingerprint density at radius 3 is 2.68 bits per heavy atom. The lowest BCUT2D eigenvalue weighted by Gasteiger charge is -2.27. The first kappa shape index (κ1) is 16.1. The highest BCUT2D eigenvalue weighted by atomic mass is 16.2. The fraction of sp³-hybridized carbons (Fsp3) is 0.556. The molecule has 3 aliphatic rings. The van der Waals surface area contributed by atoms with Crippen LogP contribution in [0.25, 0.3) is 0 Å². The fourth-order valence-electron chi connectivity index (χ4n) is 4.02. The highest BCUT2D eigenvalue weighted by molar-refractivity contribution is 6.09. The van der Waals surface area contributed by atoms with Crippen LogP contribution in [0.15, 0.2) is 24.5 Å². The zero-order valence-corrected chi connectivity index (χ0v) is 14.3. The standard InChI is InChI=1S/C18H22N4O3/c1-18(13-4-5-13)16(24)22(17(25)20-18)11-15(23)21-10-2-3-14(21)12-6-8-19-9-7-12/h6-9,13-14H,2-5,10-11H2,1H3,(H,20,25). The van der Waals surface area contributed by atoms with Crippen molar-refractivity contribution in [1.82, 2.24) is 20.1 Å². The van der Waals surface area contributed by atoms with Crippen molar-refractivity contribution in [3.8, 4) is 0 Å². The molecular formula is C18H22N4O3. The van der Waals surface area contributed by atoms with Gasteiger partial charge in [0.2, 0.25) is 5.91 Å². The Balaban J connectivity index is 1.48. The third kappa shape index (κ3) is 2.67. The van der Waals surface area contributed by atoms with Crippen molar-refractivity contribution < 1.29 is 14.4 Å². The maximum absolute atomic E-state index is 12.8. The van der Waals surface area contributed by atoms with Gasteiger partial charge in [0.05, 0.1) is 6.04 Å². The number of rotatable bonds is 4. The summed E-state index contributed by atoms with van der Waals surface area (Å²) in [4.78, 5) is 44.6. The van der Waals surface area contributed by atoms with E-state index in [-0.39, 0.29) is 30.3 Å². The normalized spacial score (nSPS) is 29.2. The van der Waals surface area contributed by atoms with Gasteiger partial charge in [-0.3, -0.25) is 19.5 Å². The molecule has 0 aromatic carbocycles. The molecule has 0 bridgehead atoms. The summed E-state index contributed by atoms with van der Waals surface area (Å²) >= 11 is 0. The van der Waals surface area contributed by atoms with E-state index in [0.29, 0.717) is 6.54 Å². The molecule has 3 fully saturated rings. The van der Waals surface area contributed by atoms with E-state index in [4.69, 9.17) is 0 Å². The van der Waals surface area contributed by atoms with Gasteiger partial charge in [-0.25, -0.2) is 4.79 Å². The highest BCUT2D eigenvalue weighted by Gasteiger charge is 2.56. The molecule has 1 aliphatic carbocycles. The van der Waals surface area contributed by atoms with Crippen molar-refractivity contribution in [2.45, 2.75) is 44.2 Å². The van der Waals surface area contributed by atoms with E-state index in [1.807, 2.05) is 12.1 Å². The van der Waals surface area contributed by atoms with E-state index in [2.05, 4.69) is 10.3 Å². The molecule has 7 heteroatoms. The molecule has 2 atom stereocenters. The summed E-state index contributed by atoms with van der Waals surface area (Å²) in [5, 5.41) is 2.79. The molecule has 2 unspecified atom stereocenters. The average Bonchev–Trinajstić information content (AvgIpc) is 3.32. The Morgan fingerprint density at radius 1 is 1.28 bits per heavy atom. The number of pyridine rings is 1. The van der Waals surface area contributed by atoms with Crippen molar-refractivity contribution in [3.05, 3.63) is 30.1 Å². The van der Waals surface area contributed by atoms with E-state index in [1.165, 1.54) is 0 Å². The van der Waals surface area contributed by atoms with Gasteiger partial charge in [0.15, 0.2) is 0 Å². The molecule has 1 aromatic rings. The van der Waals surface area contributed by atoms with Crippen LogP contribution in [0.5, 0.6) is 0 Å². The highest BCUT2D eigenvalue weighted by Crippen LogP contribution is 2.42. The Labute approximate surface area is 146 Å². The van der Waals surface area contributed by atoms with Gasteiger partial charge < -0.3 is 10.2 Å². The van der Waals surface area contributed by atoms with Crippen LogP contribution in [0.2, 0.25) is 0 Å². The molecular weight excluding hydrogens is 320 g/mol. The molecule has 2 saturated heterocycles. The number of nitrogens with zero attached hydrogens (tertiary/aromatic N) is 3. The summed E-state index contributed by atoms with van der Waals surface area (Å²) in [5.74, 6) is -0.253. The molecule has 1 saturated carbocycles. The third-order valence-corrected chi connectivity index (χ3v) is 5.65. The Morgan fingerprint density at radius 2 is 2.00 bits per heavy atom. The quantitative estimate of drug-likeness (QED) is 0.840. The van der Waals surface area contributed by atoms with Gasteiger partial charge in [-0.1, -0.05) is 0 Å². The summed E-state index contributed by atoms with van der Waals surface area (Å²) in [6, 6.07) is 3.36. The largest absolute Gasteiger partial charge is 0.334 e. The van der Waals surface area contributed by atoms with Gasteiger partial charge in [-0.05, 0) is 56.2 Å². The van der Waals surface area contributed by atoms with E-state index in [0.717, 1.165) is 36.1 Å². The fourth-order valence-corrected chi connectivity index (χ4v) is 4.02. The van der Waals surface area contributed by atoms with Crippen LogP contribution >= 0.6 is 0 Å². The van der Waals surface area contributed by atoms with E-state index < -0.39 is 11.6 Å². The maximum atomic E-state index is 12.8. The molecule has 2 aliphatic heterocycles. The van der Waals surface area contributed by atoms with Crippen molar-refractivity contribution in [2.24, 2.45) is 5.92 Å². The molecule has 7 nitrogen and oxygen atoms in total. The van der Waals surface area contributed by atoms with Crippen LogP contribution < -0.4 is 5.32 Å². The number of amides is 4. The van der Waals surface area contributed by atoms with Crippen LogP contribution in [-0.4, -0.2) is 51.3 Å². The Bertz CT molecular complexity index is 718. The van der Waals surface area contributed by atoms with Crippen molar-refractivity contribution >= 4 is 17.8 Å². The topological polar surface area (TPSA) is 82.6 Å². The summed E-state index contributed by atoms with van der Waals surface area (Å²) in [7, 11) is 0. The molecule has 0 spiro atoms. The number of urea groups is 1. The molecule has 4 amide bonds. The molecule has 25 heavy (non-hydrogen) atoms. The third-order valence-electron chi connectivity index (χ3n) is 5.65. The van der Waals surface area contributed by atoms with E-state index in [1.54, 1.807) is 24.2 Å².